The molecule has 1 fully saturated rings. The second-order valence-electron chi connectivity index (χ2n) is 5.82. The van der Waals surface area contributed by atoms with Crippen molar-refractivity contribution in [1.29, 1.82) is 0 Å². The number of likely N-dealkylation sites (tertiary alicyclic amines) is 1. The van der Waals surface area contributed by atoms with Gasteiger partial charge in [0.05, 0.1) is 19.1 Å². The third kappa shape index (κ3) is 3.99. The van der Waals surface area contributed by atoms with Crippen LogP contribution in [0.5, 0.6) is 0 Å². The molecule has 0 unspecified atom stereocenters. The summed E-state index contributed by atoms with van der Waals surface area (Å²) in [5.41, 5.74) is 0. The molecule has 3 heterocycles. The number of amides is 1. The van der Waals surface area contributed by atoms with Gasteiger partial charge in [0.2, 0.25) is 5.91 Å². The summed E-state index contributed by atoms with van der Waals surface area (Å²) in [5.74, 6) is 2.01. The maximum atomic E-state index is 12.3. The van der Waals surface area contributed by atoms with E-state index in [2.05, 4.69) is 31.9 Å². The first kappa shape index (κ1) is 17.4. The number of thioether (sulfide) groups is 1. The molecule has 0 radical (unpaired) electrons. The lowest BCUT2D eigenvalue weighted by Crippen LogP contribution is -2.37. The molecule has 0 bridgehead atoms. The number of hydrogen-bond donors (Lipinski definition) is 1. The zero-order valence-corrected chi connectivity index (χ0v) is 15.7. The average Bonchev–Trinajstić information content (AvgIpc) is 3.29. The van der Waals surface area contributed by atoms with Crippen LogP contribution in [-0.4, -0.2) is 44.4 Å². The molecule has 0 spiro atoms. The molecule has 130 valence electrons. The van der Waals surface area contributed by atoms with Gasteiger partial charge < -0.3 is 9.88 Å². The van der Waals surface area contributed by atoms with E-state index in [0.29, 0.717) is 13.1 Å². The normalized spacial score (nSPS) is 18.2. The van der Waals surface area contributed by atoms with E-state index in [4.69, 9.17) is 0 Å². The molecule has 24 heavy (non-hydrogen) atoms. The van der Waals surface area contributed by atoms with Gasteiger partial charge in [0.15, 0.2) is 11.0 Å². The highest BCUT2D eigenvalue weighted by Gasteiger charge is 2.31. The Morgan fingerprint density at radius 1 is 1.50 bits per heavy atom. The van der Waals surface area contributed by atoms with Crippen LogP contribution in [0.3, 0.4) is 0 Å². The predicted molar refractivity (Wildman–Crippen MR) is 97.1 cm³/mol. The second-order valence-corrected chi connectivity index (χ2v) is 8.08. The quantitative estimate of drug-likeness (QED) is 0.764. The van der Waals surface area contributed by atoms with Crippen LogP contribution in [0, 0.1) is 0 Å². The Bertz CT molecular complexity index is 670. The van der Waals surface area contributed by atoms with Gasteiger partial charge in [0.1, 0.15) is 0 Å². The molecule has 1 N–H and O–H groups in total. The van der Waals surface area contributed by atoms with Crippen molar-refractivity contribution in [2.75, 3.05) is 18.8 Å². The van der Waals surface area contributed by atoms with Crippen molar-refractivity contribution in [3.63, 3.8) is 0 Å². The smallest absolute Gasteiger partial charge is 0.234 e. The average molecular weight is 366 g/mol. The summed E-state index contributed by atoms with van der Waals surface area (Å²) in [6.07, 6.45) is 2.12. The number of rotatable bonds is 7. The van der Waals surface area contributed by atoms with Gasteiger partial charge in [-0.05, 0) is 36.6 Å². The summed E-state index contributed by atoms with van der Waals surface area (Å²) in [6, 6.07) is 4.22. The first-order chi connectivity index (χ1) is 11.7. The van der Waals surface area contributed by atoms with Crippen molar-refractivity contribution >= 4 is 29.0 Å². The summed E-state index contributed by atoms with van der Waals surface area (Å²) in [7, 11) is 2.01. The zero-order chi connectivity index (χ0) is 16.9. The summed E-state index contributed by atoms with van der Waals surface area (Å²) < 4.78 is 2.07. The van der Waals surface area contributed by atoms with Gasteiger partial charge in [-0.25, -0.2) is 0 Å². The van der Waals surface area contributed by atoms with Gasteiger partial charge in [-0.1, -0.05) is 24.8 Å². The molecule has 8 heteroatoms. The standard InChI is InChI=1S/C16H23N5OS2/c1-3-23-16-19-18-15(20(16)2)13-7-4-8-21(13)11-14(22)17-10-12-6-5-9-24-12/h5-6,9,13H,3-4,7-8,10-11H2,1-2H3,(H,17,22)/t13-/m1/s1. The summed E-state index contributed by atoms with van der Waals surface area (Å²) in [5, 5.41) is 14.6. The number of carbonyl (C=O) groups excluding carboxylic acids is 1. The minimum atomic E-state index is 0.0700. The monoisotopic (exact) mass is 365 g/mol. The molecule has 1 aliphatic heterocycles. The van der Waals surface area contributed by atoms with Crippen molar-refractivity contribution in [3.05, 3.63) is 28.2 Å². The van der Waals surface area contributed by atoms with E-state index >= 15 is 0 Å². The maximum Gasteiger partial charge on any atom is 0.234 e. The fraction of sp³-hybridized carbons (Fsp3) is 0.562. The van der Waals surface area contributed by atoms with Gasteiger partial charge in [-0.2, -0.15) is 0 Å². The van der Waals surface area contributed by atoms with Crippen LogP contribution in [-0.2, 0) is 18.4 Å². The number of carbonyl (C=O) groups is 1. The third-order valence-corrected chi connectivity index (χ3v) is 5.97. The van der Waals surface area contributed by atoms with Crippen LogP contribution < -0.4 is 5.32 Å². The first-order valence-electron chi connectivity index (χ1n) is 8.24. The van der Waals surface area contributed by atoms with Crippen LogP contribution in [0.25, 0.3) is 0 Å². The summed E-state index contributed by atoms with van der Waals surface area (Å²) >= 11 is 3.36. The van der Waals surface area contributed by atoms with E-state index in [1.54, 1.807) is 23.1 Å². The van der Waals surface area contributed by atoms with Gasteiger partial charge in [-0.3, -0.25) is 9.69 Å². The highest BCUT2D eigenvalue weighted by Crippen LogP contribution is 2.31. The molecule has 0 aromatic carbocycles. The zero-order valence-electron chi connectivity index (χ0n) is 14.1. The Morgan fingerprint density at radius 3 is 3.12 bits per heavy atom. The lowest BCUT2D eigenvalue weighted by atomic mass is 10.2. The topological polar surface area (TPSA) is 63.1 Å². The minimum absolute atomic E-state index is 0.0700. The molecule has 1 amide bonds. The van der Waals surface area contributed by atoms with Crippen molar-refractivity contribution in [2.24, 2.45) is 7.05 Å². The number of aromatic nitrogens is 3. The molecule has 1 atom stereocenters. The Balaban J connectivity index is 1.60. The molecule has 2 aromatic rings. The van der Waals surface area contributed by atoms with Gasteiger partial charge in [0, 0.05) is 11.9 Å². The molecule has 3 rings (SSSR count). The van der Waals surface area contributed by atoms with E-state index in [1.807, 2.05) is 24.6 Å². The predicted octanol–water partition coefficient (Wildman–Crippen LogP) is 2.44. The highest BCUT2D eigenvalue weighted by molar-refractivity contribution is 7.99. The lowest BCUT2D eigenvalue weighted by molar-refractivity contribution is -0.122. The van der Waals surface area contributed by atoms with Crippen molar-refractivity contribution < 1.29 is 4.79 Å². The third-order valence-electron chi connectivity index (χ3n) is 4.19. The number of hydrogen-bond acceptors (Lipinski definition) is 6. The highest BCUT2D eigenvalue weighted by atomic mass is 32.2. The Labute approximate surface area is 150 Å². The molecule has 0 saturated carbocycles. The molecule has 1 saturated heterocycles. The Hall–Kier alpha value is -1.38. The fourth-order valence-electron chi connectivity index (χ4n) is 3.02. The van der Waals surface area contributed by atoms with Gasteiger partial charge in [-0.15, -0.1) is 21.5 Å². The van der Waals surface area contributed by atoms with E-state index < -0.39 is 0 Å². The largest absolute Gasteiger partial charge is 0.350 e. The van der Waals surface area contributed by atoms with Crippen molar-refractivity contribution in [1.82, 2.24) is 25.0 Å². The fourth-order valence-corrected chi connectivity index (χ4v) is 4.31. The maximum absolute atomic E-state index is 12.3. The Morgan fingerprint density at radius 2 is 2.38 bits per heavy atom. The summed E-state index contributed by atoms with van der Waals surface area (Å²) in [4.78, 5) is 15.7. The SMILES string of the molecule is CCSc1nnc([C@H]2CCCN2CC(=O)NCc2cccs2)n1C. The van der Waals surface area contributed by atoms with Gasteiger partial charge in [0.25, 0.3) is 0 Å². The molecular formula is C16H23N5OS2. The number of nitrogens with zero attached hydrogens (tertiary/aromatic N) is 4. The second kappa shape index (κ2) is 8.13. The van der Waals surface area contributed by atoms with Crippen LogP contribution in [0.1, 0.15) is 36.5 Å². The molecule has 2 aromatic heterocycles. The van der Waals surface area contributed by atoms with Crippen molar-refractivity contribution in [2.45, 2.75) is 37.5 Å². The number of nitrogens with one attached hydrogen (secondary N) is 1. The molecule has 6 nitrogen and oxygen atoms in total. The van der Waals surface area contributed by atoms with E-state index in [9.17, 15) is 4.79 Å². The van der Waals surface area contributed by atoms with E-state index in [-0.39, 0.29) is 11.9 Å². The van der Waals surface area contributed by atoms with E-state index in [1.165, 1.54) is 4.88 Å². The van der Waals surface area contributed by atoms with Crippen LogP contribution in [0.15, 0.2) is 22.7 Å². The Kier molecular flexibility index (Phi) is 5.91. The van der Waals surface area contributed by atoms with Crippen LogP contribution in [0.2, 0.25) is 0 Å². The summed E-state index contributed by atoms with van der Waals surface area (Å²) in [6.45, 7) is 4.06. The molecular weight excluding hydrogens is 342 g/mol. The van der Waals surface area contributed by atoms with E-state index in [0.717, 1.165) is 36.1 Å². The minimum Gasteiger partial charge on any atom is -0.350 e. The van der Waals surface area contributed by atoms with Crippen LogP contribution >= 0.6 is 23.1 Å². The van der Waals surface area contributed by atoms with Crippen molar-refractivity contribution in [3.8, 4) is 0 Å². The van der Waals surface area contributed by atoms with Crippen LogP contribution in [0.4, 0.5) is 0 Å². The van der Waals surface area contributed by atoms with Gasteiger partial charge >= 0.3 is 0 Å². The number of thiophene rings is 1. The molecule has 0 aliphatic carbocycles. The lowest BCUT2D eigenvalue weighted by Gasteiger charge is -2.23. The molecule has 1 aliphatic rings. The first-order valence-corrected chi connectivity index (χ1v) is 10.1.